The molecule has 2 bridgehead atoms. The zero-order valence-corrected chi connectivity index (χ0v) is 27.5. The molecule has 0 aromatic carbocycles. The average molecular weight is 567 g/mol. The van der Waals surface area contributed by atoms with E-state index in [2.05, 4.69) is 39.8 Å². The zero-order valence-electron chi connectivity index (χ0n) is 27.5. The minimum atomic E-state index is -1.79. The first kappa shape index (κ1) is 33.2. The van der Waals surface area contributed by atoms with Crippen molar-refractivity contribution >= 4 is 17.3 Å². The standard InChI is InChI=1S/C36H54O5/c1-12-25(8)29(37)36-30(38)27(18-16-24(6)7)31-35(32(36)39,21-28(41-31)33(9,10)40)20-26(17-15-23(4)5)34(36,11)19-13-14-22(2)3/h14-16,25-26,28,40H,12-13,17-21H2,1-11H3/t25-,26-,28-,34+,35-,36-/m0/s1. The van der Waals surface area contributed by atoms with Gasteiger partial charge in [-0.25, -0.2) is 0 Å². The molecule has 0 unspecified atom stereocenters. The Morgan fingerprint density at radius 1 is 1.02 bits per heavy atom. The van der Waals surface area contributed by atoms with Crippen LogP contribution in [0, 0.1) is 28.1 Å². The summed E-state index contributed by atoms with van der Waals surface area (Å²) in [6, 6.07) is 0. The molecule has 0 aromatic rings. The Hall–Kier alpha value is -2.27. The summed E-state index contributed by atoms with van der Waals surface area (Å²) in [4.78, 5) is 45.2. The van der Waals surface area contributed by atoms with Gasteiger partial charge in [-0.05, 0) is 105 Å². The first-order valence-corrected chi connectivity index (χ1v) is 15.6. The summed E-state index contributed by atoms with van der Waals surface area (Å²) >= 11 is 0. The van der Waals surface area contributed by atoms with Gasteiger partial charge in [-0.3, -0.25) is 14.4 Å². The molecule has 1 spiro atoms. The molecule has 3 rings (SSSR count). The SMILES string of the molecule is CC[C@H](C)C(=O)[C@@]12C(=O)C(CC=C(C)C)=C3O[C@H](C(C)(C)O)C[C@]3(C[C@H](CC=C(C)C)[C@@]1(C)CCC=C(C)C)C2=O. The number of hydrogen-bond donors (Lipinski definition) is 1. The second-order valence-electron chi connectivity index (χ2n) is 14.6. The first-order chi connectivity index (χ1) is 18.9. The maximum Gasteiger partial charge on any atom is 0.184 e. The highest BCUT2D eigenvalue weighted by Crippen LogP contribution is 2.70. The van der Waals surface area contributed by atoms with Crippen molar-refractivity contribution in [3.05, 3.63) is 46.3 Å². The van der Waals surface area contributed by atoms with Crippen molar-refractivity contribution in [1.29, 1.82) is 0 Å². The highest BCUT2D eigenvalue weighted by atomic mass is 16.5. The summed E-state index contributed by atoms with van der Waals surface area (Å²) in [5.41, 5.74) is -1.15. The maximum atomic E-state index is 15.3. The molecule has 1 heterocycles. The fourth-order valence-corrected chi connectivity index (χ4v) is 7.51. The smallest absolute Gasteiger partial charge is 0.184 e. The number of rotatable bonds is 11. The molecule has 1 saturated carbocycles. The Balaban J connectivity index is 2.46. The van der Waals surface area contributed by atoms with Crippen LogP contribution in [-0.4, -0.2) is 34.2 Å². The van der Waals surface area contributed by atoms with Crippen LogP contribution in [0.25, 0.3) is 0 Å². The fraction of sp³-hybridized carbons (Fsp3) is 0.694. The Bertz CT molecular complexity index is 1190. The minimum absolute atomic E-state index is 0.0956. The summed E-state index contributed by atoms with van der Waals surface area (Å²) in [6.07, 6.45) is 9.26. The summed E-state index contributed by atoms with van der Waals surface area (Å²) < 4.78 is 6.48. The fourth-order valence-electron chi connectivity index (χ4n) is 7.51. The van der Waals surface area contributed by atoms with Gasteiger partial charge < -0.3 is 9.84 Å². The molecule has 3 aliphatic rings. The molecule has 2 fully saturated rings. The summed E-state index contributed by atoms with van der Waals surface area (Å²) in [5.74, 6) is -1.01. The molecule has 0 radical (unpaired) electrons. The largest absolute Gasteiger partial charge is 0.490 e. The molecule has 2 aliphatic carbocycles. The first-order valence-electron chi connectivity index (χ1n) is 15.6. The third-order valence-corrected chi connectivity index (χ3v) is 10.2. The molecule has 6 atom stereocenters. The van der Waals surface area contributed by atoms with Crippen LogP contribution < -0.4 is 0 Å². The molecule has 0 amide bonds. The molecule has 1 saturated heterocycles. The molecule has 228 valence electrons. The summed E-state index contributed by atoms with van der Waals surface area (Å²) in [6.45, 7) is 21.4. The lowest BCUT2D eigenvalue weighted by Crippen LogP contribution is -2.70. The highest BCUT2D eigenvalue weighted by Gasteiger charge is 2.78. The van der Waals surface area contributed by atoms with Crippen LogP contribution in [0.15, 0.2) is 46.3 Å². The zero-order chi connectivity index (χ0) is 31.1. The van der Waals surface area contributed by atoms with E-state index in [0.717, 1.165) is 5.57 Å². The molecule has 1 aliphatic heterocycles. The Morgan fingerprint density at radius 3 is 2.12 bits per heavy atom. The minimum Gasteiger partial charge on any atom is -0.490 e. The van der Waals surface area contributed by atoms with E-state index in [0.29, 0.717) is 49.9 Å². The van der Waals surface area contributed by atoms with Crippen LogP contribution in [0.3, 0.4) is 0 Å². The van der Waals surface area contributed by atoms with Gasteiger partial charge in [-0.1, -0.05) is 55.7 Å². The third-order valence-electron chi connectivity index (χ3n) is 10.2. The maximum absolute atomic E-state index is 15.3. The van der Waals surface area contributed by atoms with Gasteiger partial charge in [0.1, 0.15) is 11.9 Å². The average Bonchev–Trinajstić information content (AvgIpc) is 3.25. The Labute approximate surface area is 248 Å². The molecule has 5 nitrogen and oxygen atoms in total. The van der Waals surface area contributed by atoms with Crippen molar-refractivity contribution in [2.45, 2.75) is 133 Å². The number of Topliss-reactive ketones (excluding diaryl/α,β-unsaturated/α-hetero) is 3. The van der Waals surface area contributed by atoms with Gasteiger partial charge in [0.05, 0.1) is 11.0 Å². The van der Waals surface area contributed by atoms with E-state index in [-0.39, 0.29) is 29.7 Å². The van der Waals surface area contributed by atoms with Crippen molar-refractivity contribution in [2.24, 2.45) is 28.1 Å². The van der Waals surface area contributed by atoms with E-state index < -0.39 is 33.9 Å². The van der Waals surface area contributed by atoms with E-state index in [1.54, 1.807) is 13.8 Å². The number of hydrogen-bond acceptors (Lipinski definition) is 5. The van der Waals surface area contributed by atoms with Gasteiger partial charge in [0.15, 0.2) is 22.8 Å². The molecular weight excluding hydrogens is 512 g/mol. The van der Waals surface area contributed by atoms with Crippen molar-refractivity contribution < 1.29 is 24.2 Å². The van der Waals surface area contributed by atoms with Crippen LogP contribution in [0.2, 0.25) is 0 Å². The summed E-state index contributed by atoms with van der Waals surface area (Å²) in [7, 11) is 0. The van der Waals surface area contributed by atoms with Gasteiger partial charge in [0.25, 0.3) is 0 Å². The third kappa shape index (κ3) is 5.48. The lowest BCUT2D eigenvalue weighted by atomic mass is 9.38. The summed E-state index contributed by atoms with van der Waals surface area (Å²) in [5, 5.41) is 11.1. The van der Waals surface area contributed by atoms with Gasteiger partial charge in [-0.2, -0.15) is 0 Å². The van der Waals surface area contributed by atoms with Crippen molar-refractivity contribution in [2.75, 3.05) is 0 Å². The van der Waals surface area contributed by atoms with Gasteiger partial charge in [0, 0.05) is 17.9 Å². The van der Waals surface area contributed by atoms with Crippen LogP contribution in [0.1, 0.15) is 121 Å². The van der Waals surface area contributed by atoms with E-state index >= 15 is 9.59 Å². The van der Waals surface area contributed by atoms with Gasteiger partial charge in [0.2, 0.25) is 0 Å². The topological polar surface area (TPSA) is 80.7 Å². The lowest BCUT2D eigenvalue weighted by Gasteiger charge is -2.60. The molecule has 41 heavy (non-hydrogen) atoms. The number of aliphatic hydroxyl groups is 1. The number of carbonyl (C=O) groups is 3. The van der Waals surface area contributed by atoms with Crippen molar-refractivity contribution in [1.82, 2.24) is 0 Å². The van der Waals surface area contributed by atoms with E-state index in [1.807, 2.05) is 40.7 Å². The molecule has 5 heteroatoms. The number of ether oxygens (including phenoxy) is 1. The molecule has 1 N–H and O–H groups in total. The van der Waals surface area contributed by atoms with Crippen molar-refractivity contribution in [3.8, 4) is 0 Å². The monoisotopic (exact) mass is 566 g/mol. The highest BCUT2D eigenvalue weighted by molar-refractivity contribution is 6.33. The number of fused-ring (bicyclic) bond motifs is 1. The van der Waals surface area contributed by atoms with E-state index in [1.165, 1.54) is 11.1 Å². The molecule has 0 aromatic heterocycles. The van der Waals surface area contributed by atoms with Gasteiger partial charge in [-0.15, -0.1) is 0 Å². The Morgan fingerprint density at radius 2 is 1.61 bits per heavy atom. The van der Waals surface area contributed by atoms with Crippen LogP contribution in [0.4, 0.5) is 0 Å². The second kappa shape index (κ2) is 11.8. The predicted molar refractivity (Wildman–Crippen MR) is 165 cm³/mol. The normalized spacial score (nSPS) is 31.7. The van der Waals surface area contributed by atoms with Crippen molar-refractivity contribution in [3.63, 3.8) is 0 Å². The number of allylic oxidation sites excluding steroid dienone is 8. The van der Waals surface area contributed by atoms with Crippen LogP contribution in [-0.2, 0) is 19.1 Å². The lowest BCUT2D eigenvalue weighted by molar-refractivity contribution is -0.179. The second-order valence-corrected chi connectivity index (χ2v) is 14.6. The van der Waals surface area contributed by atoms with E-state index in [9.17, 15) is 9.90 Å². The van der Waals surface area contributed by atoms with E-state index in [4.69, 9.17) is 4.74 Å². The Kier molecular flexibility index (Phi) is 9.55. The molecular formula is C36H54O5. The number of carbonyl (C=O) groups excluding carboxylic acids is 3. The van der Waals surface area contributed by atoms with Crippen LogP contribution in [0.5, 0.6) is 0 Å². The predicted octanol–water partition coefficient (Wildman–Crippen LogP) is 8.03. The van der Waals surface area contributed by atoms with Gasteiger partial charge >= 0.3 is 0 Å². The quantitative estimate of drug-likeness (QED) is 0.202. The van der Waals surface area contributed by atoms with Crippen LogP contribution >= 0.6 is 0 Å². The number of ketones is 3.